The Kier molecular flexibility index (Phi) is 6.39. The summed E-state index contributed by atoms with van der Waals surface area (Å²) in [7, 11) is 0. The maximum absolute atomic E-state index is 12.8. The van der Waals surface area contributed by atoms with Gasteiger partial charge in [0.1, 0.15) is 0 Å². The van der Waals surface area contributed by atoms with Crippen molar-refractivity contribution < 1.29 is 9.59 Å². The van der Waals surface area contributed by atoms with Gasteiger partial charge in [-0.2, -0.15) is 0 Å². The van der Waals surface area contributed by atoms with Gasteiger partial charge < -0.3 is 10.2 Å². The third-order valence-electron chi connectivity index (χ3n) is 5.53. The van der Waals surface area contributed by atoms with Crippen molar-refractivity contribution in [2.24, 2.45) is 11.8 Å². The number of rotatable bonds is 7. The van der Waals surface area contributed by atoms with Crippen molar-refractivity contribution in [1.82, 2.24) is 30.4 Å². The van der Waals surface area contributed by atoms with Crippen molar-refractivity contribution in [3.05, 3.63) is 0 Å². The molecular formula is C18H30N6O2S. The fourth-order valence-corrected chi connectivity index (χ4v) is 4.09. The molecule has 0 aromatic carbocycles. The highest BCUT2D eigenvalue weighted by molar-refractivity contribution is 8.00. The van der Waals surface area contributed by atoms with Crippen LogP contribution in [0.25, 0.3) is 0 Å². The summed E-state index contributed by atoms with van der Waals surface area (Å²) in [6.45, 7) is 9.41. The molecule has 1 aliphatic carbocycles. The maximum Gasteiger partial charge on any atom is 0.235 e. The summed E-state index contributed by atoms with van der Waals surface area (Å²) in [5, 5.41) is 15.4. The quantitative estimate of drug-likeness (QED) is 0.710. The number of amides is 2. The number of tetrazole rings is 1. The Morgan fingerprint density at radius 3 is 2.37 bits per heavy atom. The van der Waals surface area contributed by atoms with E-state index in [-0.39, 0.29) is 29.0 Å². The largest absolute Gasteiger partial charge is 0.353 e. The zero-order valence-corrected chi connectivity index (χ0v) is 17.4. The van der Waals surface area contributed by atoms with Crippen molar-refractivity contribution in [3.63, 3.8) is 0 Å². The Hall–Kier alpha value is -1.64. The summed E-state index contributed by atoms with van der Waals surface area (Å²) in [5.74, 6) is 0.634. The Bertz CT molecular complexity index is 667. The predicted molar refractivity (Wildman–Crippen MR) is 103 cm³/mol. The van der Waals surface area contributed by atoms with Crippen LogP contribution in [0.1, 0.15) is 59.4 Å². The molecular weight excluding hydrogens is 364 g/mol. The van der Waals surface area contributed by atoms with Gasteiger partial charge in [0.2, 0.25) is 17.0 Å². The summed E-state index contributed by atoms with van der Waals surface area (Å²) in [5.41, 5.74) is 0. The molecule has 0 spiro atoms. The monoisotopic (exact) mass is 394 g/mol. The summed E-state index contributed by atoms with van der Waals surface area (Å²) in [6.07, 6.45) is 3.65. The average Bonchev–Trinajstić information content (AvgIpc) is 3.40. The molecule has 2 aliphatic rings. The Labute approximate surface area is 164 Å². The van der Waals surface area contributed by atoms with Gasteiger partial charge in [-0.05, 0) is 55.9 Å². The van der Waals surface area contributed by atoms with E-state index in [4.69, 9.17) is 0 Å². The van der Waals surface area contributed by atoms with E-state index in [1.807, 2.05) is 23.4 Å². The van der Waals surface area contributed by atoms with Crippen LogP contribution in [0.15, 0.2) is 5.16 Å². The molecule has 0 radical (unpaired) electrons. The van der Waals surface area contributed by atoms with Gasteiger partial charge in [-0.15, -0.1) is 5.10 Å². The van der Waals surface area contributed by atoms with Crippen LogP contribution in [-0.4, -0.2) is 61.3 Å². The van der Waals surface area contributed by atoms with E-state index in [9.17, 15) is 9.59 Å². The van der Waals surface area contributed by atoms with Crippen LogP contribution in [0.4, 0.5) is 0 Å². The highest BCUT2D eigenvalue weighted by Crippen LogP contribution is 2.37. The number of piperidine rings is 1. The molecule has 2 atom stereocenters. The molecule has 0 bridgehead atoms. The van der Waals surface area contributed by atoms with Crippen LogP contribution in [0.5, 0.6) is 0 Å². The molecule has 2 unspecified atom stereocenters. The van der Waals surface area contributed by atoms with E-state index >= 15 is 0 Å². The molecule has 9 heteroatoms. The van der Waals surface area contributed by atoms with Gasteiger partial charge in [0.25, 0.3) is 0 Å². The van der Waals surface area contributed by atoms with Crippen molar-refractivity contribution in [1.29, 1.82) is 0 Å². The number of hydrogen-bond acceptors (Lipinski definition) is 6. The first kappa shape index (κ1) is 20.1. The second-order valence-electron chi connectivity index (χ2n) is 8.04. The highest BCUT2D eigenvalue weighted by atomic mass is 32.2. The lowest BCUT2D eigenvalue weighted by molar-refractivity contribution is -0.135. The number of thioether (sulfide) groups is 1. The van der Waals surface area contributed by atoms with Gasteiger partial charge in [-0.3, -0.25) is 9.59 Å². The molecule has 1 saturated carbocycles. The van der Waals surface area contributed by atoms with Gasteiger partial charge in [-0.1, -0.05) is 25.6 Å². The smallest absolute Gasteiger partial charge is 0.235 e. The minimum Gasteiger partial charge on any atom is -0.353 e. The summed E-state index contributed by atoms with van der Waals surface area (Å²) >= 11 is 1.42. The second-order valence-corrected chi connectivity index (χ2v) is 9.35. The van der Waals surface area contributed by atoms with E-state index in [1.54, 1.807) is 0 Å². The molecule has 1 aliphatic heterocycles. The molecule has 150 valence electrons. The fourth-order valence-electron chi connectivity index (χ4n) is 3.15. The van der Waals surface area contributed by atoms with E-state index in [2.05, 4.69) is 34.7 Å². The zero-order valence-electron chi connectivity index (χ0n) is 16.6. The Balaban J connectivity index is 1.47. The van der Waals surface area contributed by atoms with Gasteiger partial charge in [0.15, 0.2) is 0 Å². The first-order valence-electron chi connectivity index (χ1n) is 9.90. The summed E-state index contributed by atoms with van der Waals surface area (Å²) in [6, 6.07) is 0.568. The SMILES string of the molecule is CC(Sc1nnnn1C1CC1)C(=O)N1CCC(C(=O)NC(C)C(C)C)CC1. The molecule has 2 amide bonds. The lowest BCUT2D eigenvalue weighted by atomic mass is 9.94. The standard InChI is InChI=1S/C18H30N6O2S/c1-11(2)12(3)19-16(25)14-7-9-23(10-8-14)17(26)13(4)27-18-20-21-22-24(18)15-5-6-15/h11-15H,5-10H2,1-4H3,(H,19,25). The topological polar surface area (TPSA) is 93.0 Å². The van der Waals surface area contributed by atoms with Gasteiger partial charge in [0.05, 0.1) is 11.3 Å². The van der Waals surface area contributed by atoms with E-state index in [0.29, 0.717) is 25.0 Å². The zero-order chi connectivity index (χ0) is 19.6. The van der Waals surface area contributed by atoms with E-state index in [0.717, 1.165) is 30.8 Å². The van der Waals surface area contributed by atoms with Gasteiger partial charge in [0, 0.05) is 25.0 Å². The number of hydrogen-bond donors (Lipinski definition) is 1. The van der Waals surface area contributed by atoms with Gasteiger partial charge in [-0.25, -0.2) is 4.68 Å². The summed E-state index contributed by atoms with van der Waals surface area (Å²) in [4.78, 5) is 27.1. The lowest BCUT2D eigenvalue weighted by Gasteiger charge is -2.33. The minimum atomic E-state index is -0.236. The molecule has 1 aromatic rings. The second kappa shape index (κ2) is 8.58. The average molecular weight is 395 g/mol. The molecule has 2 heterocycles. The third kappa shape index (κ3) is 5.00. The Morgan fingerprint density at radius 2 is 1.78 bits per heavy atom. The van der Waals surface area contributed by atoms with Crippen LogP contribution in [0.2, 0.25) is 0 Å². The molecule has 3 rings (SSSR count). The number of nitrogens with one attached hydrogen (secondary N) is 1. The minimum absolute atomic E-state index is 0.000347. The van der Waals surface area contributed by atoms with Gasteiger partial charge >= 0.3 is 0 Å². The van der Waals surface area contributed by atoms with E-state index < -0.39 is 0 Å². The van der Waals surface area contributed by atoms with Crippen LogP contribution < -0.4 is 5.32 Å². The number of nitrogens with zero attached hydrogens (tertiary/aromatic N) is 5. The number of likely N-dealkylation sites (tertiary alicyclic amines) is 1. The number of carbonyl (C=O) groups is 2. The number of aromatic nitrogens is 4. The molecule has 8 nitrogen and oxygen atoms in total. The van der Waals surface area contributed by atoms with Crippen molar-refractivity contribution in [2.45, 2.75) is 75.9 Å². The van der Waals surface area contributed by atoms with E-state index in [1.165, 1.54) is 11.8 Å². The Morgan fingerprint density at radius 1 is 1.11 bits per heavy atom. The molecule has 1 saturated heterocycles. The van der Waals surface area contributed by atoms with Crippen LogP contribution in [0, 0.1) is 11.8 Å². The first-order valence-corrected chi connectivity index (χ1v) is 10.8. The van der Waals surface area contributed by atoms with Crippen LogP contribution in [-0.2, 0) is 9.59 Å². The molecule has 1 N–H and O–H groups in total. The third-order valence-corrected chi connectivity index (χ3v) is 6.57. The van der Waals surface area contributed by atoms with Crippen molar-refractivity contribution in [3.8, 4) is 0 Å². The summed E-state index contributed by atoms with van der Waals surface area (Å²) < 4.78 is 1.83. The van der Waals surface area contributed by atoms with Crippen molar-refractivity contribution in [2.75, 3.05) is 13.1 Å². The van der Waals surface area contributed by atoms with Crippen molar-refractivity contribution >= 4 is 23.6 Å². The normalized spacial score (nSPS) is 20.6. The lowest BCUT2D eigenvalue weighted by Crippen LogP contribution is -2.47. The van der Waals surface area contributed by atoms with Crippen LogP contribution in [0.3, 0.4) is 0 Å². The molecule has 27 heavy (non-hydrogen) atoms. The maximum atomic E-state index is 12.8. The highest BCUT2D eigenvalue weighted by Gasteiger charge is 2.33. The molecule has 2 fully saturated rings. The molecule has 1 aromatic heterocycles. The predicted octanol–water partition coefficient (Wildman–Crippen LogP) is 1.89. The van der Waals surface area contributed by atoms with Crippen LogP contribution >= 0.6 is 11.8 Å². The fraction of sp³-hybridized carbons (Fsp3) is 0.833. The number of carbonyl (C=O) groups excluding carboxylic acids is 2. The first-order chi connectivity index (χ1) is 12.9.